The number of thioether (sulfide) groups is 6. The number of benzene rings is 1. The van der Waals surface area contributed by atoms with Crippen LogP contribution in [0.3, 0.4) is 0 Å². The van der Waals surface area contributed by atoms with Gasteiger partial charge in [-0.25, -0.2) is 0 Å². The van der Waals surface area contributed by atoms with Crippen LogP contribution in [0.1, 0.15) is 13.8 Å². The monoisotopic (exact) mass is 587 g/mol. The Morgan fingerprint density at radius 3 is 2.04 bits per heavy atom. The van der Waals surface area contributed by atoms with Crippen LogP contribution in [0.25, 0.3) is 8.47 Å². The molecule has 148 valence electrons. The molecular formula is C17H15O2S8Se+. The van der Waals surface area contributed by atoms with Crippen LogP contribution < -0.4 is 12.2 Å². The minimum atomic E-state index is -2.98. The van der Waals surface area contributed by atoms with Gasteiger partial charge in [0, 0.05) is 0 Å². The van der Waals surface area contributed by atoms with Crippen LogP contribution in [0, 0.1) is 0 Å². The van der Waals surface area contributed by atoms with E-state index in [2.05, 4.69) is 26.0 Å². The van der Waals surface area contributed by atoms with Crippen molar-refractivity contribution in [2.75, 3.05) is 11.5 Å². The Balaban J connectivity index is 1.78. The molecule has 11 heteroatoms. The third kappa shape index (κ3) is 4.80. The van der Waals surface area contributed by atoms with Crippen molar-refractivity contribution in [1.29, 1.82) is 0 Å². The van der Waals surface area contributed by atoms with E-state index in [1.54, 1.807) is 34.9 Å². The summed E-state index contributed by atoms with van der Waals surface area (Å²) in [5.74, 6) is 2.12. The number of hydrogen-bond donors (Lipinski definition) is 1. The Bertz CT molecular complexity index is 1040. The van der Waals surface area contributed by atoms with Crippen LogP contribution in [-0.4, -0.2) is 29.9 Å². The van der Waals surface area contributed by atoms with E-state index in [0.29, 0.717) is 3.78 Å². The van der Waals surface area contributed by atoms with E-state index in [1.165, 1.54) is 33.8 Å². The van der Waals surface area contributed by atoms with E-state index < -0.39 is 14.2 Å². The van der Waals surface area contributed by atoms with Crippen LogP contribution in [-0.2, 0) is 3.83 Å². The minimum absolute atomic E-state index is 0.665. The molecule has 2 nitrogen and oxygen atoms in total. The fourth-order valence-corrected chi connectivity index (χ4v) is 16.3. The molecule has 1 aromatic carbocycles. The molecule has 4 rings (SSSR count). The van der Waals surface area contributed by atoms with Crippen LogP contribution >= 0.6 is 93.2 Å². The molecule has 2 aliphatic heterocycles. The molecule has 28 heavy (non-hydrogen) atoms. The summed E-state index contributed by atoms with van der Waals surface area (Å²) in [7, 11) is 0. The summed E-state index contributed by atoms with van der Waals surface area (Å²) in [6, 6.07) is 8.32. The molecule has 0 aliphatic carbocycles. The Kier molecular flexibility index (Phi) is 8.11. The summed E-state index contributed by atoms with van der Waals surface area (Å²) >= 11 is 11.1. The van der Waals surface area contributed by atoms with Gasteiger partial charge in [0.15, 0.2) is 0 Å². The first-order chi connectivity index (χ1) is 13.6. The second-order valence-corrected chi connectivity index (χ2v) is 17.7. The van der Waals surface area contributed by atoms with Crippen molar-refractivity contribution < 1.29 is 8.02 Å². The van der Waals surface area contributed by atoms with Gasteiger partial charge in [-0.2, -0.15) is 0 Å². The molecule has 1 atom stereocenters. The van der Waals surface area contributed by atoms with Gasteiger partial charge in [-0.15, -0.1) is 0 Å². The average molecular weight is 587 g/mol. The summed E-state index contributed by atoms with van der Waals surface area (Å²) < 4.78 is 30.1. The second-order valence-electron chi connectivity index (χ2n) is 5.23. The van der Waals surface area contributed by atoms with Gasteiger partial charge >= 0.3 is 204 Å². The van der Waals surface area contributed by atoms with Crippen molar-refractivity contribution in [3.8, 4) is 0 Å². The van der Waals surface area contributed by atoms with Crippen LogP contribution in [0.4, 0.5) is 0 Å². The molecule has 0 fully saturated rings. The van der Waals surface area contributed by atoms with Gasteiger partial charge in [-0.3, -0.25) is 0 Å². The van der Waals surface area contributed by atoms with Crippen molar-refractivity contribution in [2.45, 2.75) is 23.6 Å². The SMILES string of the molecule is CCSC1=C(SCC)SC(=c2sc(=C3Sc4ccccc4S3)c([Se](=O)O)[s+]2)S1. The average Bonchev–Trinajstić information content (AvgIpc) is 3.38. The Morgan fingerprint density at radius 2 is 1.54 bits per heavy atom. The van der Waals surface area contributed by atoms with Crippen LogP contribution in [0.2, 0.25) is 0 Å². The molecule has 0 spiro atoms. The molecule has 2 aromatic rings. The fourth-order valence-electron chi connectivity index (χ4n) is 2.34. The zero-order chi connectivity index (χ0) is 19.7. The van der Waals surface area contributed by atoms with Gasteiger partial charge < -0.3 is 0 Å². The molecule has 0 saturated heterocycles. The molecule has 0 radical (unpaired) electrons. The van der Waals surface area contributed by atoms with E-state index in [0.717, 1.165) is 24.1 Å². The van der Waals surface area contributed by atoms with Gasteiger partial charge in [0.25, 0.3) is 0 Å². The zero-order valence-electron chi connectivity index (χ0n) is 14.8. The summed E-state index contributed by atoms with van der Waals surface area (Å²) in [5.41, 5.74) is 0. The first-order valence-electron chi connectivity index (χ1n) is 8.23. The Hall–Kier alpha value is 1.13. The maximum atomic E-state index is 12.2. The summed E-state index contributed by atoms with van der Waals surface area (Å²) in [4.78, 5) is 2.46. The number of rotatable bonds is 5. The Morgan fingerprint density at radius 1 is 0.964 bits per heavy atom. The zero-order valence-corrected chi connectivity index (χ0v) is 23.0. The molecule has 1 N–H and O–H groups in total. The molecule has 3 heterocycles. The molecule has 2 aliphatic rings. The maximum absolute atomic E-state index is 12.2. The van der Waals surface area contributed by atoms with Crippen molar-refractivity contribution in [3.05, 3.63) is 41.1 Å². The van der Waals surface area contributed by atoms with Gasteiger partial charge in [-0.1, -0.05) is 0 Å². The first kappa shape index (κ1) is 22.3. The van der Waals surface area contributed by atoms with Gasteiger partial charge in [-0.05, 0) is 0 Å². The normalized spacial score (nSPS) is 17.5. The molecular weight excluding hydrogens is 572 g/mol. The van der Waals surface area contributed by atoms with E-state index in [1.807, 2.05) is 59.2 Å². The van der Waals surface area contributed by atoms with Crippen molar-refractivity contribution in [2.24, 2.45) is 0 Å². The van der Waals surface area contributed by atoms with Crippen LogP contribution in [0.5, 0.6) is 0 Å². The second kappa shape index (κ2) is 10.2. The molecule has 0 bridgehead atoms. The third-order valence-electron chi connectivity index (χ3n) is 3.42. The topological polar surface area (TPSA) is 37.3 Å². The molecule has 0 amide bonds. The fraction of sp³-hybridized carbons (Fsp3) is 0.235. The molecule has 1 unspecified atom stereocenters. The molecule has 0 saturated carbocycles. The van der Waals surface area contributed by atoms with Crippen molar-refractivity contribution in [1.82, 2.24) is 0 Å². The van der Waals surface area contributed by atoms with Gasteiger partial charge in [0.05, 0.1) is 0 Å². The van der Waals surface area contributed by atoms with Gasteiger partial charge in [0.2, 0.25) is 0 Å². The third-order valence-corrected chi connectivity index (χ3v) is 17.1. The predicted octanol–water partition coefficient (Wildman–Crippen LogP) is 5.35. The summed E-state index contributed by atoms with van der Waals surface area (Å²) in [5, 5.41) is 0. The molecule has 1 aromatic heterocycles. The quantitative estimate of drug-likeness (QED) is 0.371. The summed E-state index contributed by atoms with van der Waals surface area (Å²) in [6.07, 6.45) is 0. The van der Waals surface area contributed by atoms with Crippen LogP contribution in [0.15, 0.2) is 42.5 Å². The number of hydrogen-bond acceptors (Lipinski definition) is 8. The van der Waals surface area contributed by atoms with E-state index in [-0.39, 0.29) is 0 Å². The van der Waals surface area contributed by atoms with E-state index >= 15 is 0 Å². The van der Waals surface area contributed by atoms with Crippen molar-refractivity contribution >= 4 is 120 Å². The number of fused-ring (bicyclic) bond motifs is 1. The predicted molar refractivity (Wildman–Crippen MR) is 138 cm³/mol. The summed E-state index contributed by atoms with van der Waals surface area (Å²) in [6.45, 7) is 4.36. The van der Waals surface area contributed by atoms with E-state index in [4.69, 9.17) is 0 Å². The van der Waals surface area contributed by atoms with Crippen molar-refractivity contribution in [3.63, 3.8) is 0 Å². The van der Waals surface area contributed by atoms with Gasteiger partial charge in [0.1, 0.15) is 0 Å². The standard InChI is InChI=1S/C17H14O2S8Se/c1-3-20-13-14(21-4-2)26-16(25-13)15-24-11(17(27-15)28(18)19)12-22-9-7-5-6-8-10(9)23-12/h5-8H,3-4H2,1-2H3/p+1. The van der Waals surface area contributed by atoms with E-state index in [9.17, 15) is 8.02 Å². The first-order valence-corrected chi connectivity index (χ1v) is 17.4. The Labute approximate surface area is 201 Å².